The molecule has 5 rings (SSSR count). The zero-order valence-corrected chi connectivity index (χ0v) is 17.3. The molecule has 1 aliphatic rings. The molecule has 0 atom stereocenters. The van der Waals surface area contributed by atoms with Crippen LogP contribution >= 0.6 is 11.6 Å². The molecule has 0 unspecified atom stereocenters. The molecule has 2 aromatic heterocycles. The van der Waals surface area contributed by atoms with Crippen LogP contribution in [0.25, 0.3) is 21.7 Å². The Bertz CT molecular complexity index is 1380. The molecule has 1 N–H and O–H groups in total. The van der Waals surface area contributed by atoms with Crippen molar-refractivity contribution >= 4 is 33.3 Å². The summed E-state index contributed by atoms with van der Waals surface area (Å²) in [4.78, 5) is 25.5. The van der Waals surface area contributed by atoms with E-state index >= 15 is 0 Å². The van der Waals surface area contributed by atoms with Crippen molar-refractivity contribution in [3.05, 3.63) is 67.8 Å². The molecule has 0 spiro atoms. The molecule has 2 heterocycles. The van der Waals surface area contributed by atoms with Crippen LogP contribution in [0.15, 0.2) is 46.0 Å². The minimum Gasteiger partial charge on any atom is -0.492 e. The van der Waals surface area contributed by atoms with Crippen molar-refractivity contribution in [3.8, 4) is 5.75 Å². The Hall–Kier alpha value is -3.06. The number of nitrogens with one attached hydrogen (secondary N) is 1. The third-order valence-corrected chi connectivity index (χ3v) is 5.82. The maximum Gasteiger partial charge on any atom is 0.274 e. The normalized spacial score (nSPS) is 13.9. The fraction of sp³-hybridized carbons (Fsp3) is 0.318. The molecule has 8 heteroatoms. The first-order valence-corrected chi connectivity index (χ1v) is 10.5. The fourth-order valence-corrected chi connectivity index (χ4v) is 3.88. The summed E-state index contributed by atoms with van der Waals surface area (Å²) in [5.74, 6) is 1.18. The molecule has 1 fully saturated rings. The number of H-pyrrole nitrogens is 1. The Morgan fingerprint density at radius 1 is 1.13 bits per heavy atom. The fourth-order valence-electron chi connectivity index (χ4n) is 3.66. The number of hydrogen-bond donors (Lipinski definition) is 1. The molecule has 2 aromatic carbocycles. The average Bonchev–Trinajstić information content (AvgIpc) is 3.54. The summed E-state index contributed by atoms with van der Waals surface area (Å²) in [5, 5.41) is 9.88. The summed E-state index contributed by atoms with van der Waals surface area (Å²) in [6.45, 7) is 3.18. The van der Waals surface area contributed by atoms with Gasteiger partial charge in [-0.15, -0.1) is 0 Å². The first-order chi connectivity index (χ1) is 14.5. The highest BCUT2D eigenvalue weighted by molar-refractivity contribution is 6.32. The summed E-state index contributed by atoms with van der Waals surface area (Å²) in [6, 6.07) is 10.7. The van der Waals surface area contributed by atoms with Crippen LogP contribution in [-0.2, 0) is 13.1 Å². The lowest BCUT2D eigenvalue weighted by atomic mass is 10.1. The van der Waals surface area contributed by atoms with Crippen molar-refractivity contribution < 1.29 is 4.74 Å². The zero-order valence-electron chi connectivity index (χ0n) is 16.5. The predicted octanol–water partition coefficient (Wildman–Crippen LogP) is 3.55. The third kappa shape index (κ3) is 3.29. The van der Waals surface area contributed by atoms with Crippen molar-refractivity contribution in [2.75, 3.05) is 6.61 Å². The molecule has 30 heavy (non-hydrogen) atoms. The highest BCUT2D eigenvalue weighted by Gasteiger charge is 2.23. The van der Waals surface area contributed by atoms with Crippen molar-refractivity contribution in [1.82, 2.24) is 19.6 Å². The minimum atomic E-state index is -0.194. The molecule has 7 nitrogen and oxygen atoms in total. The van der Waals surface area contributed by atoms with Gasteiger partial charge >= 0.3 is 0 Å². The monoisotopic (exact) mass is 424 g/mol. The van der Waals surface area contributed by atoms with Crippen LogP contribution in [0.4, 0.5) is 0 Å². The van der Waals surface area contributed by atoms with E-state index in [1.807, 2.05) is 25.1 Å². The standard InChI is InChI=1S/C22H21ClN4O3/c1-2-26-21(28)15-6-4-3-5-14(15)19(25-26)11-27-22(29)16-9-17(23)20(10-18(16)24-27)30-12-13-7-8-13/h3-6,9-10,13,24H,2,7-8,11-12H2,1H3. The number of aromatic nitrogens is 4. The molecule has 0 saturated heterocycles. The number of benzene rings is 2. The van der Waals surface area contributed by atoms with E-state index in [0.29, 0.717) is 51.8 Å². The smallest absolute Gasteiger partial charge is 0.274 e. The summed E-state index contributed by atoms with van der Waals surface area (Å²) < 4.78 is 8.74. The molecule has 1 saturated carbocycles. The topological polar surface area (TPSA) is 81.9 Å². The highest BCUT2D eigenvalue weighted by Crippen LogP contribution is 2.33. The van der Waals surface area contributed by atoms with E-state index in [-0.39, 0.29) is 17.7 Å². The predicted molar refractivity (Wildman–Crippen MR) is 117 cm³/mol. The molecule has 0 bridgehead atoms. The van der Waals surface area contributed by atoms with Gasteiger partial charge < -0.3 is 4.74 Å². The Morgan fingerprint density at radius 3 is 2.63 bits per heavy atom. The van der Waals surface area contributed by atoms with Crippen LogP contribution in [0.2, 0.25) is 5.02 Å². The number of hydrogen-bond acceptors (Lipinski definition) is 4. The van der Waals surface area contributed by atoms with Crippen LogP contribution in [0.3, 0.4) is 0 Å². The molecule has 4 aromatic rings. The van der Waals surface area contributed by atoms with E-state index in [4.69, 9.17) is 16.3 Å². The highest BCUT2D eigenvalue weighted by atomic mass is 35.5. The molecule has 0 amide bonds. The molecule has 0 aliphatic heterocycles. The minimum absolute atomic E-state index is 0.134. The molecule has 1 aliphatic carbocycles. The Labute approximate surface area is 176 Å². The van der Waals surface area contributed by atoms with E-state index in [1.54, 1.807) is 18.2 Å². The van der Waals surface area contributed by atoms with Gasteiger partial charge in [-0.25, -0.2) is 9.36 Å². The molecule has 0 radical (unpaired) electrons. The van der Waals surface area contributed by atoms with E-state index < -0.39 is 0 Å². The molecular weight excluding hydrogens is 404 g/mol. The van der Waals surface area contributed by atoms with Crippen LogP contribution in [-0.4, -0.2) is 26.2 Å². The number of aromatic amines is 1. The number of rotatable bonds is 6. The van der Waals surface area contributed by atoms with Crippen molar-refractivity contribution in [1.29, 1.82) is 0 Å². The van der Waals surface area contributed by atoms with Gasteiger partial charge in [-0.3, -0.25) is 14.7 Å². The summed E-state index contributed by atoms with van der Waals surface area (Å²) in [5.41, 5.74) is 0.978. The SMILES string of the molecule is CCn1nc(Cn2[nH]c3cc(OCC4CC4)c(Cl)cc3c2=O)c2ccccc2c1=O. The van der Waals surface area contributed by atoms with E-state index in [2.05, 4.69) is 10.2 Å². The van der Waals surface area contributed by atoms with Gasteiger partial charge in [-0.2, -0.15) is 5.10 Å². The maximum absolute atomic E-state index is 13.0. The number of nitrogens with zero attached hydrogens (tertiary/aromatic N) is 3. The van der Waals surface area contributed by atoms with Gasteiger partial charge in [-0.1, -0.05) is 29.8 Å². The number of aryl methyl sites for hydroxylation is 1. The van der Waals surface area contributed by atoms with Gasteiger partial charge in [0.2, 0.25) is 0 Å². The van der Waals surface area contributed by atoms with Gasteiger partial charge in [0, 0.05) is 18.0 Å². The van der Waals surface area contributed by atoms with Crippen LogP contribution in [0.1, 0.15) is 25.5 Å². The second-order valence-corrected chi connectivity index (χ2v) is 8.11. The van der Waals surface area contributed by atoms with Crippen molar-refractivity contribution in [2.45, 2.75) is 32.9 Å². The van der Waals surface area contributed by atoms with Gasteiger partial charge in [-0.05, 0) is 37.8 Å². The average molecular weight is 425 g/mol. The number of ether oxygens (including phenoxy) is 1. The maximum atomic E-state index is 13.0. The molecular formula is C22H21ClN4O3. The summed E-state index contributed by atoms with van der Waals surface area (Å²) >= 11 is 6.35. The van der Waals surface area contributed by atoms with Gasteiger partial charge in [0.15, 0.2) is 0 Å². The Kier molecular flexibility index (Phi) is 4.62. The third-order valence-electron chi connectivity index (χ3n) is 5.53. The van der Waals surface area contributed by atoms with E-state index in [9.17, 15) is 9.59 Å². The number of fused-ring (bicyclic) bond motifs is 2. The lowest BCUT2D eigenvalue weighted by Crippen LogP contribution is -2.26. The van der Waals surface area contributed by atoms with Crippen LogP contribution in [0, 0.1) is 5.92 Å². The largest absolute Gasteiger partial charge is 0.492 e. The van der Waals surface area contributed by atoms with Crippen LogP contribution < -0.4 is 15.9 Å². The first kappa shape index (κ1) is 18.9. The second kappa shape index (κ2) is 7.32. The van der Waals surface area contributed by atoms with Gasteiger partial charge in [0.25, 0.3) is 11.1 Å². The Morgan fingerprint density at radius 2 is 1.90 bits per heavy atom. The van der Waals surface area contributed by atoms with Gasteiger partial charge in [0.05, 0.1) is 40.2 Å². The lowest BCUT2D eigenvalue weighted by Gasteiger charge is -2.09. The van der Waals surface area contributed by atoms with Crippen molar-refractivity contribution in [3.63, 3.8) is 0 Å². The van der Waals surface area contributed by atoms with E-state index in [0.717, 1.165) is 5.39 Å². The Balaban J connectivity index is 1.57. The van der Waals surface area contributed by atoms with Crippen LogP contribution in [0.5, 0.6) is 5.75 Å². The second-order valence-electron chi connectivity index (χ2n) is 7.70. The molecule has 154 valence electrons. The van der Waals surface area contributed by atoms with E-state index in [1.165, 1.54) is 22.2 Å². The first-order valence-electron chi connectivity index (χ1n) is 10.1. The summed E-state index contributed by atoms with van der Waals surface area (Å²) in [6.07, 6.45) is 2.38. The van der Waals surface area contributed by atoms with Crippen molar-refractivity contribution in [2.24, 2.45) is 5.92 Å². The summed E-state index contributed by atoms with van der Waals surface area (Å²) in [7, 11) is 0. The van der Waals surface area contributed by atoms with Gasteiger partial charge in [0.1, 0.15) is 5.75 Å². The lowest BCUT2D eigenvalue weighted by molar-refractivity contribution is 0.300. The quantitative estimate of drug-likeness (QED) is 0.513. The zero-order chi connectivity index (χ0) is 20.8. The number of halogens is 1.